The highest BCUT2D eigenvalue weighted by atomic mass is 32.2. The monoisotopic (exact) mass is 186 g/mol. The molecule has 0 spiro atoms. The molecule has 0 saturated heterocycles. The van der Waals surface area contributed by atoms with Crippen molar-refractivity contribution in [2.24, 2.45) is 9.98 Å². The Hall–Kier alpha value is -0.350. The number of hydrogen-bond donors (Lipinski definition) is 0. The highest BCUT2D eigenvalue weighted by Gasteiger charge is 2.33. The van der Waals surface area contributed by atoms with Gasteiger partial charge >= 0.3 is 0 Å². The largest absolute Gasteiger partial charge is 0.252 e. The van der Waals surface area contributed by atoms with Gasteiger partial charge in [0.15, 0.2) is 6.34 Å². The Balaban J connectivity index is 2.84. The zero-order valence-electron chi connectivity index (χ0n) is 7.90. The molecule has 1 heterocycles. The molecule has 0 radical (unpaired) electrons. The third-order valence-corrected chi connectivity index (χ3v) is 3.35. The normalized spacial score (nSPS) is 26.1. The Morgan fingerprint density at radius 1 is 1.42 bits per heavy atom. The summed E-state index contributed by atoms with van der Waals surface area (Å²) in [6, 6.07) is 0. The Morgan fingerprint density at radius 3 is 2.50 bits per heavy atom. The first-order valence-corrected chi connectivity index (χ1v) is 5.53. The van der Waals surface area contributed by atoms with Gasteiger partial charge in [-0.2, -0.15) is 4.99 Å². The van der Waals surface area contributed by atoms with Crippen LogP contribution in [0.2, 0.25) is 0 Å². The van der Waals surface area contributed by atoms with Crippen LogP contribution in [-0.2, 0) is 0 Å². The number of aliphatic imine (C=N–C) groups is 2. The number of nitrogens with zero attached hydrogens (tertiary/aromatic N) is 3. The van der Waals surface area contributed by atoms with Gasteiger partial charge in [-0.3, -0.25) is 4.48 Å². The minimum absolute atomic E-state index is 0.303. The van der Waals surface area contributed by atoms with E-state index in [1.54, 1.807) is 18.1 Å². The van der Waals surface area contributed by atoms with Crippen molar-refractivity contribution in [2.45, 2.75) is 19.3 Å². The molecule has 1 unspecified atom stereocenters. The zero-order chi connectivity index (χ0) is 9.03. The van der Waals surface area contributed by atoms with Crippen molar-refractivity contribution in [3.05, 3.63) is 0 Å². The molecule has 1 rings (SSSR count). The molecular weight excluding hydrogens is 170 g/mol. The molecule has 1 aliphatic rings. The summed E-state index contributed by atoms with van der Waals surface area (Å²) >= 11 is 1.78. The maximum Gasteiger partial charge on any atom is 0.237 e. The predicted molar refractivity (Wildman–Crippen MR) is 55.6 cm³/mol. The van der Waals surface area contributed by atoms with Gasteiger partial charge in [-0.15, -0.1) is 0 Å². The van der Waals surface area contributed by atoms with Gasteiger partial charge in [0.2, 0.25) is 5.50 Å². The van der Waals surface area contributed by atoms with Gasteiger partial charge in [0.05, 0.1) is 13.1 Å². The lowest BCUT2D eigenvalue weighted by molar-refractivity contribution is -0.841. The van der Waals surface area contributed by atoms with Crippen molar-refractivity contribution in [2.75, 3.05) is 19.3 Å². The van der Waals surface area contributed by atoms with E-state index in [0.29, 0.717) is 5.50 Å². The Bertz CT molecular complexity index is 196. The zero-order valence-corrected chi connectivity index (χ0v) is 8.71. The number of quaternary nitrogens is 1. The molecular formula is C8H16N3S+. The molecule has 12 heavy (non-hydrogen) atoms. The van der Waals surface area contributed by atoms with E-state index >= 15 is 0 Å². The van der Waals surface area contributed by atoms with Crippen molar-refractivity contribution in [3.63, 3.8) is 0 Å². The lowest BCUT2D eigenvalue weighted by Gasteiger charge is -2.36. The minimum Gasteiger partial charge on any atom is -0.252 e. The predicted octanol–water partition coefficient (Wildman–Crippen LogP) is 1.56. The molecule has 1 aliphatic heterocycles. The Labute approximate surface area is 78.2 Å². The number of thioether (sulfide) groups is 1. The van der Waals surface area contributed by atoms with Gasteiger partial charge in [-0.05, 0) is 20.1 Å². The van der Waals surface area contributed by atoms with E-state index in [2.05, 4.69) is 30.1 Å². The van der Waals surface area contributed by atoms with Crippen molar-refractivity contribution < 1.29 is 4.48 Å². The van der Waals surface area contributed by atoms with Gasteiger partial charge in [0.25, 0.3) is 0 Å². The molecule has 0 aromatic carbocycles. The standard InChI is InChI=1S/C8H16N3S/c1-4-11(5-2)7-9-6-10-8(11)12-3/h6-8H,4-5H2,1-3H3/q+1. The lowest BCUT2D eigenvalue weighted by Crippen LogP contribution is -2.53. The number of hydrogen-bond acceptors (Lipinski definition) is 3. The summed E-state index contributed by atoms with van der Waals surface area (Å²) in [4.78, 5) is 8.47. The van der Waals surface area contributed by atoms with Crippen LogP contribution in [0.25, 0.3) is 0 Å². The summed E-state index contributed by atoms with van der Waals surface area (Å²) in [5.41, 5.74) is 0.303. The van der Waals surface area contributed by atoms with Crippen LogP contribution in [0.5, 0.6) is 0 Å². The molecule has 0 aromatic heterocycles. The molecule has 0 saturated carbocycles. The second-order valence-electron chi connectivity index (χ2n) is 2.83. The van der Waals surface area contributed by atoms with Gasteiger partial charge < -0.3 is 0 Å². The first-order valence-electron chi connectivity index (χ1n) is 4.24. The van der Waals surface area contributed by atoms with E-state index in [1.807, 2.05) is 6.34 Å². The summed E-state index contributed by atoms with van der Waals surface area (Å²) in [6.45, 7) is 6.48. The highest BCUT2D eigenvalue weighted by molar-refractivity contribution is 7.99. The van der Waals surface area contributed by atoms with E-state index in [-0.39, 0.29) is 0 Å². The minimum atomic E-state index is 0.303. The smallest absolute Gasteiger partial charge is 0.237 e. The fourth-order valence-corrected chi connectivity index (χ4v) is 2.37. The molecule has 0 N–H and O–H groups in total. The fraction of sp³-hybridized carbons (Fsp3) is 0.750. The van der Waals surface area contributed by atoms with Crippen LogP contribution in [0.3, 0.4) is 0 Å². The maximum absolute atomic E-state index is 4.36. The first kappa shape index (κ1) is 9.74. The average molecular weight is 186 g/mol. The van der Waals surface area contributed by atoms with E-state index in [4.69, 9.17) is 0 Å². The van der Waals surface area contributed by atoms with Crippen LogP contribution in [0.1, 0.15) is 13.8 Å². The van der Waals surface area contributed by atoms with E-state index in [9.17, 15) is 0 Å². The van der Waals surface area contributed by atoms with Gasteiger partial charge in [0.1, 0.15) is 6.34 Å². The Kier molecular flexibility index (Phi) is 3.29. The summed E-state index contributed by atoms with van der Waals surface area (Å²) < 4.78 is 0.873. The van der Waals surface area contributed by atoms with E-state index in [0.717, 1.165) is 17.6 Å². The summed E-state index contributed by atoms with van der Waals surface area (Å²) in [5.74, 6) is 0. The topological polar surface area (TPSA) is 24.7 Å². The highest BCUT2D eigenvalue weighted by Crippen LogP contribution is 2.22. The SMILES string of the molecule is CC[N+]1(CC)C=NC=NC1SC. The van der Waals surface area contributed by atoms with Crippen molar-refractivity contribution in [3.8, 4) is 0 Å². The molecule has 0 amide bonds. The van der Waals surface area contributed by atoms with Crippen molar-refractivity contribution >= 4 is 24.4 Å². The van der Waals surface area contributed by atoms with Gasteiger partial charge in [0, 0.05) is 0 Å². The molecule has 0 aliphatic carbocycles. The van der Waals surface area contributed by atoms with Crippen molar-refractivity contribution in [1.29, 1.82) is 0 Å². The molecule has 0 aromatic rings. The molecule has 68 valence electrons. The van der Waals surface area contributed by atoms with Crippen molar-refractivity contribution in [1.82, 2.24) is 0 Å². The van der Waals surface area contributed by atoms with Crippen LogP contribution in [-0.4, -0.2) is 42.0 Å². The Morgan fingerprint density at radius 2 is 2.08 bits per heavy atom. The quantitative estimate of drug-likeness (QED) is 0.614. The van der Waals surface area contributed by atoms with Gasteiger partial charge in [-0.25, -0.2) is 4.99 Å². The first-order chi connectivity index (χ1) is 5.79. The molecule has 4 heteroatoms. The molecule has 1 atom stereocenters. The van der Waals surface area contributed by atoms with Crippen LogP contribution >= 0.6 is 11.8 Å². The fourth-order valence-electron chi connectivity index (χ4n) is 1.42. The third kappa shape index (κ3) is 1.54. The third-order valence-electron chi connectivity index (χ3n) is 2.39. The molecule has 0 bridgehead atoms. The summed E-state index contributed by atoms with van der Waals surface area (Å²) in [6.07, 6.45) is 5.76. The van der Waals surface area contributed by atoms with Crippen LogP contribution in [0.4, 0.5) is 0 Å². The summed E-state index contributed by atoms with van der Waals surface area (Å²) in [7, 11) is 0. The van der Waals surface area contributed by atoms with Crippen LogP contribution in [0, 0.1) is 0 Å². The lowest BCUT2D eigenvalue weighted by atomic mass is 10.4. The molecule has 3 nitrogen and oxygen atoms in total. The van der Waals surface area contributed by atoms with Gasteiger partial charge in [-0.1, -0.05) is 11.8 Å². The van der Waals surface area contributed by atoms with E-state index < -0.39 is 0 Å². The molecule has 0 fully saturated rings. The maximum atomic E-state index is 4.36. The van der Waals surface area contributed by atoms with Crippen LogP contribution in [0.15, 0.2) is 9.98 Å². The number of rotatable bonds is 3. The average Bonchev–Trinajstić information content (AvgIpc) is 2.17. The second kappa shape index (κ2) is 4.05. The summed E-state index contributed by atoms with van der Waals surface area (Å²) in [5, 5.41) is 0. The van der Waals surface area contributed by atoms with E-state index in [1.165, 1.54) is 0 Å². The van der Waals surface area contributed by atoms with Crippen LogP contribution < -0.4 is 0 Å². The second-order valence-corrected chi connectivity index (χ2v) is 3.72.